The van der Waals surface area contributed by atoms with Crippen LogP contribution in [0.5, 0.6) is 5.75 Å². The average molecular weight is 408 g/mol. The number of thioether (sulfide) groups is 1. The summed E-state index contributed by atoms with van der Waals surface area (Å²) in [5.74, 6) is -0.0215. The van der Waals surface area contributed by atoms with Gasteiger partial charge in [0.1, 0.15) is 0 Å². The van der Waals surface area contributed by atoms with E-state index < -0.39 is 11.9 Å². The van der Waals surface area contributed by atoms with E-state index in [2.05, 4.69) is 10.2 Å². The molecule has 1 aromatic heterocycles. The summed E-state index contributed by atoms with van der Waals surface area (Å²) in [4.78, 5) is 14.6. The van der Waals surface area contributed by atoms with Gasteiger partial charge in [-0.05, 0) is 38.8 Å². The molecule has 1 fully saturated rings. The highest BCUT2D eigenvalue weighted by Gasteiger charge is 2.28. The first-order chi connectivity index (χ1) is 13.5. The molecule has 0 bridgehead atoms. The molecule has 152 valence electrons. The summed E-state index contributed by atoms with van der Waals surface area (Å²) < 4.78 is 24.9. The maximum Gasteiger partial charge on any atom is 0.277 e. The summed E-state index contributed by atoms with van der Waals surface area (Å²) in [5.41, 5.74) is 0. The number of benzene rings is 1. The highest BCUT2D eigenvalue weighted by Crippen LogP contribution is 2.29. The Kier molecular flexibility index (Phi) is 6.93. The predicted octanol–water partition coefficient (Wildman–Crippen LogP) is 4.62. The van der Waals surface area contributed by atoms with Crippen LogP contribution in [0.15, 0.2) is 33.9 Å². The minimum atomic E-state index is -0.602. The molecule has 1 aromatic carbocycles. The molecule has 0 N–H and O–H groups in total. The van der Waals surface area contributed by atoms with Gasteiger partial charge in [0.05, 0.1) is 5.25 Å². The van der Waals surface area contributed by atoms with E-state index in [4.69, 9.17) is 9.15 Å². The number of hydrogen-bond acceptors (Lipinski definition) is 6. The minimum absolute atomic E-state index is 0.0623. The van der Waals surface area contributed by atoms with Gasteiger partial charge in [0.2, 0.25) is 5.91 Å². The summed E-state index contributed by atoms with van der Waals surface area (Å²) in [6.45, 7) is 3.55. The molecule has 0 saturated heterocycles. The summed E-state index contributed by atoms with van der Waals surface area (Å²) >= 11 is 1.23. The number of nitrogens with zero attached hydrogens (tertiary/aromatic N) is 3. The van der Waals surface area contributed by atoms with Crippen molar-refractivity contribution < 1.29 is 18.3 Å². The second-order valence-electron chi connectivity index (χ2n) is 7.10. The fourth-order valence-electron chi connectivity index (χ4n) is 3.35. The standard InChI is InChI=1S/C20H26FN3O3S/c1-13(26-17-12-8-7-11-16(17)21)18-22-23-20(27-18)28-14(2)19(25)24(3)15-9-5-4-6-10-15/h7-8,11-15H,4-6,9-10H2,1-3H3/t13-,14+/m1/s1. The third-order valence-corrected chi connectivity index (χ3v) is 5.93. The van der Waals surface area contributed by atoms with Crippen molar-refractivity contribution in [2.24, 2.45) is 0 Å². The molecular formula is C20H26FN3O3S. The van der Waals surface area contributed by atoms with E-state index in [0.717, 1.165) is 12.8 Å². The van der Waals surface area contributed by atoms with Crippen molar-refractivity contribution in [3.05, 3.63) is 36.0 Å². The van der Waals surface area contributed by atoms with Gasteiger partial charge in [-0.1, -0.05) is 43.2 Å². The van der Waals surface area contributed by atoms with E-state index >= 15 is 0 Å². The number of hydrogen-bond donors (Lipinski definition) is 0. The number of carbonyl (C=O) groups excluding carboxylic acids is 1. The van der Waals surface area contributed by atoms with Crippen LogP contribution in [0.4, 0.5) is 4.39 Å². The van der Waals surface area contributed by atoms with E-state index in [0.29, 0.717) is 11.3 Å². The molecule has 3 rings (SSSR count). The molecule has 1 aliphatic rings. The number of carbonyl (C=O) groups is 1. The van der Waals surface area contributed by atoms with Crippen molar-refractivity contribution in [1.82, 2.24) is 15.1 Å². The highest BCUT2D eigenvalue weighted by atomic mass is 32.2. The fraction of sp³-hybridized carbons (Fsp3) is 0.550. The van der Waals surface area contributed by atoms with Crippen LogP contribution in [0.3, 0.4) is 0 Å². The van der Waals surface area contributed by atoms with Crippen LogP contribution in [0.2, 0.25) is 0 Å². The van der Waals surface area contributed by atoms with Crippen LogP contribution in [-0.4, -0.2) is 39.3 Å². The van der Waals surface area contributed by atoms with E-state index in [1.807, 2.05) is 18.9 Å². The number of para-hydroxylation sites is 1. The Morgan fingerprint density at radius 3 is 2.68 bits per heavy atom. The zero-order chi connectivity index (χ0) is 20.1. The summed E-state index contributed by atoms with van der Waals surface area (Å²) in [5, 5.41) is 7.95. The topological polar surface area (TPSA) is 68.5 Å². The molecule has 8 heteroatoms. The first-order valence-corrected chi connectivity index (χ1v) is 10.5. The van der Waals surface area contributed by atoms with E-state index in [1.165, 1.54) is 37.1 Å². The Labute approximate surface area is 168 Å². The monoisotopic (exact) mass is 407 g/mol. The molecule has 1 saturated carbocycles. The third-order valence-electron chi connectivity index (χ3n) is 5.01. The van der Waals surface area contributed by atoms with Crippen molar-refractivity contribution >= 4 is 17.7 Å². The Morgan fingerprint density at radius 2 is 1.96 bits per heavy atom. The normalized spacial score (nSPS) is 17.1. The fourth-order valence-corrected chi connectivity index (χ4v) is 4.14. The lowest BCUT2D eigenvalue weighted by Gasteiger charge is -2.32. The van der Waals surface area contributed by atoms with Gasteiger partial charge in [0.25, 0.3) is 11.1 Å². The number of amides is 1. The van der Waals surface area contributed by atoms with Crippen molar-refractivity contribution in [2.45, 2.75) is 68.6 Å². The van der Waals surface area contributed by atoms with Crippen LogP contribution in [-0.2, 0) is 4.79 Å². The number of ether oxygens (including phenoxy) is 1. The maximum absolute atomic E-state index is 13.7. The number of rotatable bonds is 7. The van der Waals surface area contributed by atoms with Gasteiger partial charge in [-0.3, -0.25) is 4.79 Å². The van der Waals surface area contributed by atoms with Gasteiger partial charge in [-0.2, -0.15) is 0 Å². The van der Waals surface area contributed by atoms with Crippen molar-refractivity contribution in [3.8, 4) is 5.75 Å². The molecule has 0 aliphatic heterocycles. The molecule has 1 amide bonds. The van der Waals surface area contributed by atoms with Gasteiger partial charge < -0.3 is 14.1 Å². The van der Waals surface area contributed by atoms with Crippen LogP contribution >= 0.6 is 11.8 Å². The molecule has 0 unspecified atom stereocenters. The second kappa shape index (κ2) is 9.41. The van der Waals surface area contributed by atoms with E-state index in [-0.39, 0.29) is 22.8 Å². The third kappa shape index (κ3) is 5.04. The molecule has 0 spiro atoms. The SMILES string of the molecule is C[C@H](Sc1nnc([C@@H](C)Oc2ccccc2F)o1)C(=O)N(C)C1CCCCC1. The Balaban J connectivity index is 1.57. The molecular weight excluding hydrogens is 381 g/mol. The van der Waals surface area contributed by atoms with Crippen molar-refractivity contribution in [1.29, 1.82) is 0 Å². The zero-order valence-corrected chi connectivity index (χ0v) is 17.2. The molecule has 6 nitrogen and oxygen atoms in total. The van der Waals surface area contributed by atoms with Crippen LogP contribution in [0.1, 0.15) is 57.9 Å². The van der Waals surface area contributed by atoms with E-state index in [9.17, 15) is 9.18 Å². The number of halogens is 1. The molecule has 2 atom stereocenters. The van der Waals surface area contributed by atoms with Gasteiger partial charge >= 0.3 is 0 Å². The van der Waals surface area contributed by atoms with Crippen LogP contribution < -0.4 is 4.74 Å². The minimum Gasteiger partial charge on any atom is -0.478 e. The summed E-state index contributed by atoms with van der Waals surface area (Å²) in [6.07, 6.45) is 5.13. The van der Waals surface area contributed by atoms with E-state index in [1.54, 1.807) is 25.1 Å². The molecule has 2 aromatic rings. The largest absolute Gasteiger partial charge is 0.478 e. The van der Waals surface area contributed by atoms with Crippen molar-refractivity contribution in [3.63, 3.8) is 0 Å². The van der Waals surface area contributed by atoms with Crippen LogP contribution in [0, 0.1) is 5.82 Å². The quantitative estimate of drug-likeness (QED) is 0.624. The Morgan fingerprint density at radius 1 is 1.25 bits per heavy atom. The smallest absolute Gasteiger partial charge is 0.277 e. The van der Waals surface area contributed by atoms with Gasteiger partial charge in [0.15, 0.2) is 17.7 Å². The average Bonchev–Trinajstić information content (AvgIpc) is 3.18. The van der Waals surface area contributed by atoms with Gasteiger partial charge in [0, 0.05) is 13.1 Å². The molecule has 0 radical (unpaired) electrons. The zero-order valence-electron chi connectivity index (χ0n) is 16.4. The summed E-state index contributed by atoms with van der Waals surface area (Å²) in [6, 6.07) is 6.47. The summed E-state index contributed by atoms with van der Waals surface area (Å²) in [7, 11) is 1.87. The Bertz CT molecular complexity index is 795. The van der Waals surface area contributed by atoms with Crippen molar-refractivity contribution in [2.75, 3.05) is 7.05 Å². The molecule has 1 aliphatic carbocycles. The first kappa shape index (κ1) is 20.6. The lowest BCUT2D eigenvalue weighted by Crippen LogP contribution is -2.42. The Hall–Kier alpha value is -2.09. The van der Waals surface area contributed by atoms with Crippen LogP contribution in [0.25, 0.3) is 0 Å². The first-order valence-electron chi connectivity index (χ1n) is 9.63. The van der Waals surface area contributed by atoms with Gasteiger partial charge in [-0.25, -0.2) is 4.39 Å². The van der Waals surface area contributed by atoms with Gasteiger partial charge in [-0.15, -0.1) is 10.2 Å². The lowest BCUT2D eigenvalue weighted by atomic mass is 9.94. The molecule has 1 heterocycles. The lowest BCUT2D eigenvalue weighted by molar-refractivity contribution is -0.131. The highest BCUT2D eigenvalue weighted by molar-refractivity contribution is 8.00. The second-order valence-corrected chi connectivity index (χ2v) is 8.39. The number of aromatic nitrogens is 2. The molecule has 28 heavy (non-hydrogen) atoms. The predicted molar refractivity (Wildman–Crippen MR) is 105 cm³/mol. The maximum atomic E-state index is 13.7.